The lowest BCUT2D eigenvalue weighted by molar-refractivity contribution is 0.0954. The van der Waals surface area contributed by atoms with E-state index in [2.05, 4.69) is 5.32 Å². The smallest absolute Gasteiger partial charge is 0.251 e. The number of aromatic hydroxyl groups is 1. The van der Waals surface area contributed by atoms with E-state index >= 15 is 0 Å². The van der Waals surface area contributed by atoms with Gasteiger partial charge in [-0.2, -0.15) is 0 Å². The minimum Gasteiger partial charge on any atom is -0.508 e. The van der Waals surface area contributed by atoms with Gasteiger partial charge < -0.3 is 15.2 Å². The zero-order valence-electron chi connectivity index (χ0n) is 11.3. The van der Waals surface area contributed by atoms with Crippen molar-refractivity contribution in [3.8, 4) is 11.5 Å². The summed E-state index contributed by atoms with van der Waals surface area (Å²) in [5.74, 6) is 0.838. The van der Waals surface area contributed by atoms with E-state index in [1.54, 1.807) is 43.5 Å². The lowest BCUT2D eigenvalue weighted by atomic mass is 10.1. The van der Waals surface area contributed by atoms with Crippen LogP contribution in [0.5, 0.6) is 11.5 Å². The van der Waals surface area contributed by atoms with E-state index in [9.17, 15) is 9.90 Å². The van der Waals surface area contributed by atoms with Crippen LogP contribution in [0.25, 0.3) is 0 Å². The van der Waals surface area contributed by atoms with Crippen molar-refractivity contribution in [2.24, 2.45) is 0 Å². The molecule has 2 rings (SSSR count). The van der Waals surface area contributed by atoms with Crippen molar-refractivity contribution in [1.29, 1.82) is 0 Å². The van der Waals surface area contributed by atoms with Crippen molar-refractivity contribution >= 4 is 5.91 Å². The molecule has 2 aromatic carbocycles. The van der Waals surface area contributed by atoms with Crippen LogP contribution in [-0.2, 0) is 6.42 Å². The van der Waals surface area contributed by atoms with E-state index in [0.29, 0.717) is 18.5 Å². The van der Waals surface area contributed by atoms with Crippen LogP contribution < -0.4 is 10.1 Å². The van der Waals surface area contributed by atoms with Gasteiger partial charge in [-0.1, -0.05) is 18.2 Å². The summed E-state index contributed by atoms with van der Waals surface area (Å²) in [4.78, 5) is 11.9. The molecule has 20 heavy (non-hydrogen) atoms. The van der Waals surface area contributed by atoms with Gasteiger partial charge in [0.15, 0.2) is 0 Å². The van der Waals surface area contributed by atoms with Crippen molar-refractivity contribution in [2.45, 2.75) is 6.42 Å². The minimum atomic E-state index is -0.136. The first-order valence-corrected chi connectivity index (χ1v) is 6.40. The standard InChI is InChI=1S/C16H17NO3/c1-20-14-8-6-13(7-9-14)16(19)17-11-10-12-4-2-3-5-15(12)18/h2-9,18H,10-11H2,1H3,(H,17,19). The molecule has 2 aromatic rings. The van der Waals surface area contributed by atoms with Crippen molar-refractivity contribution in [3.05, 3.63) is 59.7 Å². The summed E-state index contributed by atoms with van der Waals surface area (Å²) in [5.41, 5.74) is 1.41. The average Bonchev–Trinajstić information content (AvgIpc) is 2.49. The monoisotopic (exact) mass is 271 g/mol. The molecule has 0 aliphatic carbocycles. The van der Waals surface area contributed by atoms with Crippen molar-refractivity contribution in [1.82, 2.24) is 5.32 Å². The van der Waals surface area contributed by atoms with E-state index < -0.39 is 0 Å². The number of carbonyl (C=O) groups excluding carboxylic acids is 1. The summed E-state index contributed by atoms with van der Waals surface area (Å²) in [5, 5.41) is 12.4. The van der Waals surface area contributed by atoms with Gasteiger partial charge in [-0.15, -0.1) is 0 Å². The van der Waals surface area contributed by atoms with Crippen LogP contribution in [0, 0.1) is 0 Å². The fourth-order valence-corrected chi connectivity index (χ4v) is 1.88. The number of hydrogen-bond acceptors (Lipinski definition) is 3. The zero-order chi connectivity index (χ0) is 14.4. The molecule has 0 spiro atoms. The quantitative estimate of drug-likeness (QED) is 0.877. The Balaban J connectivity index is 1.87. The summed E-state index contributed by atoms with van der Waals surface area (Å²) in [7, 11) is 1.58. The fraction of sp³-hybridized carbons (Fsp3) is 0.188. The average molecular weight is 271 g/mol. The number of methoxy groups -OCH3 is 1. The third kappa shape index (κ3) is 3.51. The van der Waals surface area contributed by atoms with Crippen LogP contribution in [0.15, 0.2) is 48.5 Å². The lowest BCUT2D eigenvalue weighted by Gasteiger charge is -2.07. The van der Waals surface area contributed by atoms with Gasteiger partial charge in [-0.3, -0.25) is 4.79 Å². The van der Waals surface area contributed by atoms with Gasteiger partial charge >= 0.3 is 0 Å². The van der Waals surface area contributed by atoms with E-state index in [1.165, 1.54) is 0 Å². The Bertz CT molecular complexity index is 579. The molecular weight excluding hydrogens is 254 g/mol. The molecule has 0 aromatic heterocycles. The maximum absolute atomic E-state index is 11.9. The summed E-state index contributed by atoms with van der Waals surface area (Å²) in [6.07, 6.45) is 0.592. The zero-order valence-corrected chi connectivity index (χ0v) is 11.3. The molecule has 0 saturated carbocycles. The molecule has 0 unspecified atom stereocenters. The SMILES string of the molecule is COc1ccc(C(=O)NCCc2ccccc2O)cc1. The number of benzene rings is 2. The highest BCUT2D eigenvalue weighted by atomic mass is 16.5. The van der Waals surface area contributed by atoms with Crippen LogP contribution >= 0.6 is 0 Å². The second-order valence-electron chi connectivity index (χ2n) is 4.36. The van der Waals surface area contributed by atoms with Crippen molar-refractivity contribution in [3.63, 3.8) is 0 Å². The van der Waals surface area contributed by atoms with Gasteiger partial charge in [-0.05, 0) is 42.3 Å². The topological polar surface area (TPSA) is 58.6 Å². The molecule has 0 radical (unpaired) electrons. The van der Waals surface area contributed by atoms with E-state index in [4.69, 9.17) is 4.74 Å². The van der Waals surface area contributed by atoms with Gasteiger partial charge in [0.1, 0.15) is 11.5 Å². The highest BCUT2D eigenvalue weighted by Crippen LogP contribution is 2.15. The molecular formula is C16H17NO3. The normalized spacial score (nSPS) is 10.1. The van der Waals surface area contributed by atoms with Crippen molar-refractivity contribution < 1.29 is 14.6 Å². The van der Waals surface area contributed by atoms with Crippen LogP contribution in [-0.4, -0.2) is 24.7 Å². The number of hydrogen-bond donors (Lipinski definition) is 2. The highest BCUT2D eigenvalue weighted by molar-refractivity contribution is 5.94. The second-order valence-corrected chi connectivity index (χ2v) is 4.36. The van der Waals surface area contributed by atoms with Crippen LogP contribution in [0.4, 0.5) is 0 Å². The first-order chi connectivity index (χ1) is 9.70. The number of carbonyl (C=O) groups is 1. The Morgan fingerprint density at radius 1 is 1.15 bits per heavy atom. The van der Waals surface area contributed by atoms with Gasteiger partial charge in [0.2, 0.25) is 0 Å². The van der Waals surface area contributed by atoms with E-state index in [1.807, 2.05) is 12.1 Å². The number of rotatable bonds is 5. The number of nitrogens with one attached hydrogen (secondary N) is 1. The number of phenols is 1. The number of phenolic OH excluding ortho intramolecular Hbond substituents is 1. The third-order valence-corrected chi connectivity index (χ3v) is 3.02. The molecule has 1 amide bonds. The molecule has 0 atom stereocenters. The Kier molecular flexibility index (Phi) is 4.60. The molecule has 4 heteroatoms. The first-order valence-electron chi connectivity index (χ1n) is 6.40. The Morgan fingerprint density at radius 3 is 2.50 bits per heavy atom. The molecule has 104 valence electrons. The molecule has 0 fully saturated rings. The Morgan fingerprint density at radius 2 is 1.85 bits per heavy atom. The maximum atomic E-state index is 11.9. The van der Waals surface area contributed by atoms with Crippen LogP contribution in [0.2, 0.25) is 0 Å². The number of ether oxygens (including phenoxy) is 1. The lowest BCUT2D eigenvalue weighted by Crippen LogP contribution is -2.25. The predicted molar refractivity (Wildman–Crippen MR) is 77.1 cm³/mol. The van der Waals surface area contributed by atoms with Gasteiger partial charge in [-0.25, -0.2) is 0 Å². The molecule has 0 aliphatic rings. The molecule has 0 saturated heterocycles. The molecule has 0 heterocycles. The molecule has 0 aliphatic heterocycles. The molecule has 0 bridgehead atoms. The molecule has 2 N–H and O–H groups in total. The summed E-state index contributed by atoms with van der Waals surface area (Å²) in [6, 6.07) is 14.0. The van der Waals surface area contributed by atoms with Gasteiger partial charge in [0, 0.05) is 12.1 Å². The highest BCUT2D eigenvalue weighted by Gasteiger charge is 2.05. The third-order valence-electron chi connectivity index (χ3n) is 3.02. The second kappa shape index (κ2) is 6.61. The largest absolute Gasteiger partial charge is 0.508 e. The van der Waals surface area contributed by atoms with Crippen molar-refractivity contribution in [2.75, 3.05) is 13.7 Å². The van der Waals surface area contributed by atoms with E-state index in [-0.39, 0.29) is 11.7 Å². The van der Waals surface area contributed by atoms with Gasteiger partial charge in [0.25, 0.3) is 5.91 Å². The summed E-state index contributed by atoms with van der Waals surface area (Å²) < 4.78 is 5.04. The first kappa shape index (κ1) is 13.9. The van der Waals surface area contributed by atoms with Crippen LogP contribution in [0.1, 0.15) is 15.9 Å². The Hall–Kier alpha value is -2.49. The molecule has 4 nitrogen and oxygen atoms in total. The fourth-order valence-electron chi connectivity index (χ4n) is 1.88. The number of amides is 1. The summed E-state index contributed by atoms with van der Waals surface area (Å²) >= 11 is 0. The van der Waals surface area contributed by atoms with Gasteiger partial charge in [0.05, 0.1) is 7.11 Å². The number of para-hydroxylation sites is 1. The van der Waals surface area contributed by atoms with Crippen LogP contribution in [0.3, 0.4) is 0 Å². The summed E-state index contributed by atoms with van der Waals surface area (Å²) in [6.45, 7) is 0.475. The van der Waals surface area contributed by atoms with E-state index in [0.717, 1.165) is 11.3 Å². The maximum Gasteiger partial charge on any atom is 0.251 e. The minimum absolute atomic E-state index is 0.136. The Labute approximate surface area is 118 Å². The predicted octanol–water partition coefficient (Wildman–Crippen LogP) is 2.37.